The smallest absolute Gasteiger partial charge is 0.251 e. The van der Waals surface area contributed by atoms with Crippen LogP contribution in [-0.4, -0.2) is 21.1 Å². The van der Waals surface area contributed by atoms with E-state index in [0.717, 1.165) is 18.4 Å². The Morgan fingerprint density at radius 2 is 2.17 bits per heavy atom. The monoisotopic (exact) mass is 341 g/mol. The van der Waals surface area contributed by atoms with Gasteiger partial charge < -0.3 is 16.0 Å². The molecule has 0 aliphatic heterocycles. The molecule has 4 N–H and O–H groups in total. The average Bonchev–Trinajstić information content (AvgIpc) is 3.17. The summed E-state index contributed by atoms with van der Waals surface area (Å²) in [4.78, 5) is 16.1. The molecule has 3 aromatic rings. The van der Waals surface area contributed by atoms with Crippen molar-refractivity contribution in [3.63, 3.8) is 0 Å². The first-order valence-electron chi connectivity index (χ1n) is 8.15. The first-order valence-corrected chi connectivity index (χ1v) is 8.96. The lowest BCUT2D eigenvalue weighted by Crippen LogP contribution is -2.26. The highest BCUT2D eigenvalue weighted by atomic mass is 32.1. The lowest BCUT2D eigenvalue weighted by Gasteiger charge is -2.12. The number of hydrogen-bond donors (Lipinski definition) is 3. The van der Waals surface area contributed by atoms with Crippen LogP contribution in [0.4, 0.5) is 5.13 Å². The number of hydrogen-bond acceptors (Lipinski definition) is 5. The van der Waals surface area contributed by atoms with Gasteiger partial charge in [-0.3, -0.25) is 4.79 Å². The predicted octanol–water partition coefficient (Wildman–Crippen LogP) is 2.97. The quantitative estimate of drug-likeness (QED) is 0.682. The van der Waals surface area contributed by atoms with E-state index in [0.29, 0.717) is 15.7 Å². The Morgan fingerprint density at radius 3 is 2.96 bits per heavy atom. The molecule has 1 aliphatic rings. The highest BCUT2D eigenvalue weighted by Gasteiger charge is 2.18. The topological polar surface area (TPSA) is 96.7 Å². The van der Waals surface area contributed by atoms with Crippen molar-refractivity contribution in [1.82, 2.24) is 20.5 Å². The van der Waals surface area contributed by atoms with Gasteiger partial charge in [0.2, 0.25) is 5.13 Å². The number of aromatic amines is 1. The third kappa shape index (κ3) is 2.65. The molecule has 0 unspecified atom stereocenters. The number of nitrogens with one attached hydrogen (secondary N) is 2. The second-order valence-electron chi connectivity index (χ2n) is 6.22. The van der Waals surface area contributed by atoms with Gasteiger partial charge in [-0.25, -0.2) is 0 Å². The van der Waals surface area contributed by atoms with Gasteiger partial charge in [0.15, 0.2) is 0 Å². The van der Waals surface area contributed by atoms with Gasteiger partial charge in [-0.15, -0.1) is 10.2 Å². The van der Waals surface area contributed by atoms with Crippen LogP contribution in [0, 0.1) is 0 Å². The minimum absolute atomic E-state index is 0.107. The molecule has 2 aromatic heterocycles. The van der Waals surface area contributed by atoms with E-state index in [4.69, 9.17) is 5.73 Å². The average molecular weight is 341 g/mol. The molecule has 0 spiro atoms. The fraction of sp³-hybridized carbons (Fsp3) is 0.353. The molecule has 4 rings (SSSR count). The highest BCUT2D eigenvalue weighted by Crippen LogP contribution is 2.30. The number of nitrogens with zero attached hydrogens (tertiary/aromatic N) is 2. The summed E-state index contributed by atoms with van der Waals surface area (Å²) >= 11 is 1.29. The fourth-order valence-electron chi connectivity index (χ4n) is 3.31. The molecule has 1 aliphatic carbocycles. The number of aromatic nitrogens is 3. The van der Waals surface area contributed by atoms with Crippen LogP contribution >= 0.6 is 11.3 Å². The number of H-pyrrole nitrogens is 1. The van der Waals surface area contributed by atoms with E-state index in [2.05, 4.69) is 20.5 Å². The molecule has 0 saturated carbocycles. The Labute approximate surface area is 143 Å². The Bertz CT molecular complexity index is 913. The molecule has 1 amide bonds. The summed E-state index contributed by atoms with van der Waals surface area (Å²) in [5.41, 5.74) is 10.1. The van der Waals surface area contributed by atoms with Gasteiger partial charge in [0.1, 0.15) is 5.01 Å². The molecule has 2 heterocycles. The van der Waals surface area contributed by atoms with Crippen LogP contribution in [-0.2, 0) is 12.8 Å². The lowest BCUT2D eigenvalue weighted by molar-refractivity contribution is 0.0940. The van der Waals surface area contributed by atoms with E-state index < -0.39 is 0 Å². The van der Waals surface area contributed by atoms with Crippen LogP contribution in [0.5, 0.6) is 0 Å². The van der Waals surface area contributed by atoms with Crippen LogP contribution in [0.3, 0.4) is 0 Å². The number of carbonyl (C=O) groups is 1. The fourth-order valence-corrected chi connectivity index (χ4v) is 3.92. The summed E-state index contributed by atoms with van der Waals surface area (Å²) in [5, 5.41) is 13.0. The predicted molar refractivity (Wildman–Crippen MR) is 95.1 cm³/mol. The Kier molecular flexibility index (Phi) is 3.72. The molecule has 1 aromatic carbocycles. The standard InChI is InChI=1S/C17H19N5OS/c1-9(16-21-22-17(18)24-16)19-15(23)10-6-7-14-12(8-10)11-4-2-3-5-13(11)20-14/h6-9,20H,2-5H2,1H3,(H2,18,22)(H,19,23)/t9-/m1/s1. The summed E-state index contributed by atoms with van der Waals surface area (Å²) in [7, 11) is 0. The minimum atomic E-state index is -0.219. The van der Waals surface area contributed by atoms with Gasteiger partial charge >= 0.3 is 0 Å². The maximum absolute atomic E-state index is 12.6. The molecule has 7 heteroatoms. The summed E-state index contributed by atoms with van der Waals surface area (Å²) in [6.45, 7) is 1.88. The molecule has 24 heavy (non-hydrogen) atoms. The summed E-state index contributed by atoms with van der Waals surface area (Å²) in [6.07, 6.45) is 4.63. The number of fused-ring (bicyclic) bond motifs is 3. The van der Waals surface area contributed by atoms with Gasteiger partial charge in [-0.2, -0.15) is 0 Å². The third-order valence-electron chi connectivity index (χ3n) is 4.53. The molecular formula is C17H19N5OS. The van der Waals surface area contributed by atoms with Gasteiger partial charge in [0, 0.05) is 22.2 Å². The van der Waals surface area contributed by atoms with E-state index in [1.54, 1.807) is 0 Å². The molecule has 0 radical (unpaired) electrons. The van der Waals surface area contributed by atoms with Crippen molar-refractivity contribution in [2.24, 2.45) is 0 Å². The van der Waals surface area contributed by atoms with Crippen molar-refractivity contribution in [1.29, 1.82) is 0 Å². The molecule has 0 fully saturated rings. The lowest BCUT2D eigenvalue weighted by atomic mass is 9.95. The van der Waals surface area contributed by atoms with Crippen molar-refractivity contribution < 1.29 is 4.79 Å². The van der Waals surface area contributed by atoms with Crippen LogP contribution < -0.4 is 11.1 Å². The van der Waals surface area contributed by atoms with Crippen molar-refractivity contribution >= 4 is 33.3 Å². The first kappa shape index (κ1) is 15.1. The molecule has 1 atom stereocenters. The van der Waals surface area contributed by atoms with Crippen LogP contribution in [0.25, 0.3) is 10.9 Å². The molecule has 6 nitrogen and oxygen atoms in total. The van der Waals surface area contributed by atoms with Gasteiger partial charge in [-0.1, -0.05) is 11.3 Å². The van der Waals surface area contributed by atoms with E-state index in [9.17, 15) is 4.79 Å². The molecular weight excluding hydrogens is 322 g/mol. The zero-order chi connectivity index (χ0) is 16.7. The van der Waals surface area contributed by atoms with Gasteiger partial charge in [0.25, 0.3) is 5.91 Å². The zero-order valence-electron chi connectivity index (χ0n) is 13.4. The second-order valence-corrected chi connectivity index (χ2v) is 7.26. The Morgan fingerprint density at radius 1 is 1.33 bits per heavy atom. The largest absolute Gasteiger partial charge is 0.374 e. The number of aryl methyl sites for hydroxylation is 2. The van der Waals surface area contributed by atoms with Gasteiger partial charge in [0.05, 0.1) is 6.04 Å². The summed E-state index contributed by atoms with van der Waals surface area (Å²) in [5.74, 6) is -0.107. The van der Waals surface area contributed by atoms with E-state index >= 15 is 0 Å². The van der Waals surface area contributed by atoms with E-state index in [-0.39, 0.29) is 11.9 Å². The maximum atomic E-state index is 12.6. The second kappa shape index (κ2) is 5.90. The minimum Gasteiger partial charge on any atom is -0.374 e. The number of anilines is 1. The highest BCUT2D eigenvalue weighted by molar-refractivity contribution is 7.15. The van der Waals surface area contributed by atoms with Crippen LogP contribution in [0.15, 0.2) is 18.2 Å². The van der Waals surface area contributed by atoms with Crippen LogP contribution in [0.1, 0.15) is 52.4 Å². The summed E-state index contributed by atoms with van der Waals surface area (Å²) < 4.78 is 0. The number of benzene rings is 1. The number of nitrogen functional groups attached to an aromatic ring is 1. The van der Waals surface area contributed by atoms with Crippen LogP contribution in [0.2, 0.25) is 0 Å². The SMILES string of the molecule is C[C@@H](NC(=O)c1ccc2[nH]c3c(c2c1)CCCC3)c1nnc(N)s1. The van der Waals surface area contributed by atoms with Crippen molar-refractivity contribution in [3.8, 4) is 0 Å². The molecule has 124 valence electrons. The number of carbonyl (C=O) groups excluding carboxylic acids is 1. The van der Waals surface area contributed by atoms with Crippen molar-refractivity contribution in [2.75, 3.05) is 5.73 Å². The Hall–Kier alpha value is -2.41. The third-order valence-corrected chi connectivity index (χ3v) is 5.47. The maximum Gasteiger partial charge on any atom is 0.251 e. The molecule has 0 bridgehead atoms. The normalized spacial score (nSPS) is 15.2. The van der Waals surface area contributed by atoms with Crippen molar-refractivity contribution in [3.05, 3.63) is 40.0 Å². The van der Waals surface area contributed by atoms with E-state index in [1.165, 1.54) is 40.8 Å². The zero-order valence-corrected chi connectivity index (χ0v) is 14.2. The first-order chi connectivity index (χ1) is 11.6. The molecule has 0 saturated heterocycles. The van der Waals surface area contributed by atoms with E-state index in [1.807, 2.05) is 25.1 Å². The number of nitrogens with two attached hydrogens (primary N) is 1. The van der Waals surface area contributed by atoms with Gasteiger partial charge in [-0.05, 0) is 56.4 Å². The number of rotatable bonds is 3. The Balaban J connectivity index is 1.60. The number of amides is 1. The van der Waals surface area contributed by atoms with Crippen molar-refractivity contribution in [2.45, 2.75) is 38.6 Å². The summed E-state index contributed by atoms with van der Waals surface area (Å²) in [6, 6.07) is 5.63.